The van der Waals surface area contributed by atoms with E-state index >= 15 is 0 Å². The quantitative estimate of drug-likeness (QED) is 0.554. The smallest absolute Gasteiger partial charge is 0.275 e. The number of hydrogen-bond donors (Lipinski definition) is 2. The zero-order chi connectivity index (χ0) is 20.6. The van der Waals surface area contributed by atoms with Crippen molar-refractivity contribution >= 4 is 16.9 Å². The van der Waals surface area contributed by atoms with Crippen LogP contribution in [-0.4, -0.2) is 29.2 Å². The van der Waals surface area contributed by atoms with Gasteiger partial charge in [0.15, 0.2) is 5.82 Å². The third-order valence-electron chi connectivity index (χ3n) is 4.52. The maximum absolute atomic E-state index is 11.5. The van der Waals surface area contributed by atoms with Crippen molar-refractivity contribution < 1.29 is 0 Å². The molecule has 0 aromatic carbocycles. The predicted molar refractivity (Wildman–Crippen MR) is 111 cm³/mol. The third kappa shape index (κ3) is 3.62. The largest absolute Gasteiger partial charge is 0.382 e. The second-order valence-electron chi connectivity index (χ2n) is 7.50. The summed E-state index contributed by atoms with van der Waals surface area (Å²) in [5.74, 6) is 2.69. The molecule has 4 aromatic heterocycles. The van der Waals surface area contributed by atoms with E-state index in [1.807, 2.05) is 29.6 Å². The molecule has 0 radical (unpaired) electrons. The lowest BCUT2D eigenvalue weighted by molar-refractivity contribution is 0.733. The van der Waals surface area contributed by atoms with Gasteiger partial charge in [-0.05, 0) is 49.9 Å². The Morgan fingerprint density at radius 3 is 2.00 bits per heavy atom. The molecule has 0 saturated carbocycles. The van der Waals surface area contributed by atoms with Gasteiger partial charge >= 0.3 is 0 Å². The van der Waals surface area contributed by atoms with Crippen LogP contribution in [0.4, 0.5) is 5.82 Å². The van der Waals surface area contributed by atoms with Crippen molar-refractivity contribution in [1.82, 2.24) is 29.2 Å². The number of aromatic amines is 1. The fourth-order valence-electron chi connectivity index (χ4n) is 3.15. The molecule has 4 heterocycles. The lowest BCUT2D eigenvalue weighted by Gasteiger charge is -2.06. The molecule has 0 saturated heterocycles. The number of hydrogen-bond acceptors (Lipinski definition) is 5. The van der Waals surface area contributed by atoms with Gasteiger partial charge in [0.05, 0.1) is 0 Å². The molecule has 4 rings (SSSR count). The van der Waals surface area contributed by atoms with Gasteiger partial charge < -0.3 is 10.7 Å². The molecule has 0 bridgehead atoms. The Labute approximate surface area is 163 Å². The Kier molecular flexibility index (Phi) is 5.22. The third-order valence-corrected chi connectivity index (χ3v) is 4.52. The van der Waals surface area contributed by atoms with Crippen LogP contribution in [0.2, 0.25) is 0 Å². The highest BCUT2D eigenvalue weighted by Gasteiger charge is 2.10. The molecule has 28 heavy (non-hydrogen) atoms. The number of nitrogens with one attached hydrogen (secondary N) is 1. The fourth-order valence-corrected chi connectivity index (χ4v) is 3.15. The van der Waals surface area contributed by atoms with E-state index in [1.54, 1.807) is 17.5 Å². The molecule has 0 aliphatic heterocycles. The highest BCUT2D eigenvalue weighted by Crippen LogP contribution is 2.20. The molecule has 0 fully saturated rings. The number of nitrogens with zero attached hydrogens (tertiary/aromatic N) is 5. The van der Waals surface area contributed by atoms with Crippen LogP contribution in [0, 0.1) is 13.8 Å². The molecule has 4 aromatic rings. The Balaban J connectivity index is 0.000000161. The summed E-state index contributed by atoms with van der Waals surface area (Å²) in [5.41, 5.74) is 9.45. The van der Waals surface area contributed by atoms with Gasteiger partial charge in [-0.2, -0.15) is 10.2 Å². The summed E-state index contributed by atoms with van der Waals surface area (Å²) in [6.07, 6.45) is 0. The van der Waals surface area contributed by atoms with E-state index < -0.39 is 0 Å². The van der Waals surface area contributed by atoms with Gasteiger partial charge in [0.25, 0.3) is 5.56 Å². The summed E-state index contributed by atoms with van der Waals surface area (Å²) >= 11 is 0. The topological polar surface area (TPSA) is 106 Å². The van der Waals surface area contributed by atoms with Crippen LogP contribution in [0.5, 0.6) is 0 Å². The minimum absolute atomic E-state index is 0.0793. The summed E-state index contributed by atoms with van der Waals surface area (Å²) in [5, 5.41) is 8.62. The van der Waals surface area contributed by atoms with Crippen LogP contribution in [0.15, 0.2) is 29.1 Å². The Bertz CT molecular complexity index is 1180. The van der Waals surface area contributed by atoms with Crippen LogP contribution in [-0.2, 0) is 0 Å². The Morgan fingerprint density at radius 1 is 0.893 bits per heavy atom. The van der Waals surface area contributed by atoms with E-state index in [2.05, 4.69) is 47.9 Å². The van der Waals surface area contributed by atoms with E-state index in [-0.39, 0.29) is 5.56 Å². The molecular formula is C20H27N7O. The molecule has 0 aliphatic rings. The zero-order valence-corrected chi connectivity index (χ0v) is 17.2. The number of anilines is 1. The van der Waals surface area contributed by atoms with Gasteiger partial charge in [-0.25, -0.2) is 14.0 Å². The lowest BCUT2D eigenvalue weighted by atomic mass is 10.1. The number of nitrogen functional groups attached to an aromatic ring is 1. The Morgan fingerprint density at radius 2 is 1.43 bits per heavy atom. The number of H-pyrrole nitrogens is 1. The van der Waals surface area contributed by atoms with Crippen LogP contribution in [0.25, 0.3) is 11.0 Å². The minimum atomic E-state index is -0.0793. The first-order valence-corrected chi connectivity index (χ1v) is 9.39. The average molecular weight is 381 g/mol. The van der Waals surface area contributed by atoms with E-state index in [0.29, 0.717) is 34.8 Å². The number of fused-ring (bicyclic) bond motifs is 2. The summed E-state index contributed by atoms with van der Waals surface area (Å²) < 4.78 is 3.60. The number of nitrogens with two attached hydrogens (primary N) is 1. The highest BCUT2D eigenvalue weighted by atomic mass is 16.1. The second-order valence-corrected chi connectivity index (χ2v) is 7.50. The predicted octanol–water partition coefficient (Wildman–Crippen LogP) is 3.20. The van der Waals surface area contributed by atoms with Gasteiger partial charge in [-0.3, -0.25) is 4.79 Å². The lowest BCUT2D eigenvalue weighted by Crippen LogP contribution is -2.15. The van der Waals surface area contributed by atoms with E-state index in [9.17, 15) is 4.79 Å². The van der Waals surface area contributed by atoms with Crippen LogP contribution < -0.4 is 11.3 Å². The summed E-state index contributed by atoms with van der Waals surface area (Å²) in [6, 6.07) is 7.76. The van der Waals surface area contributed by atoms with Crippen LogP contribution in [0.1, 0.15) is 62.6 Å². The number of aromatic nitrogens is 6. The molecular weight excluding hydrogens is 354 g/mol. The maximum atomic E-state index is 11.5. The molecule has 0 unspecified atom stereocenters. The molecule has 0 spiro atoms. The van der Waals surface area contributed by atoms with Crippen molar-refractivity contribution in [3.05, 3.63) is 57.7 Å². The van der Waals surface area contributed by atoms with Crippen molar-refractivity contribution in [1.29, 1.82) is 0 Å². The molecule has 0 amide bonds. The molecule has 148 valence electrons. The van der Waals surface area contributed by atoms with Gasteiger partial charge in [0.1, 0.15) is 22.7 Å². The van der Waals surface area contributed by atoms with Gasteiger partial charge in [0, 0.05) is 11.4 Å². The number of aryl methyl sites for hydroxylation is 2. The fraction of sp³-hybridized carbons (Fsp3) is 0.400. The molecule has 3 N–H and O–H groups in total. The molecule has 8 nitrogen and oxygen atoms in total. The van der Waals surface area contributed by atoms with Crippen molar-refractivity contribution in [3.63, 3.8) is 0 Å². The molecule has 0 aliphatic carbocycles. The summed E-state index contributed by atoms with van der Waals surface area (Å²) in [7, 11) is 0. The monoisotopic (exact) mass is 381 g/mol. The maximum Gasteiger partial charge on any atom is 0.275 e. The second kappa shape index (κ2) is 7.46. The van der Waals surface area contributed by atoms with Crippen molar-refractivity contribution in [2.45, 2.75) is 53.4 Å². The average Bonchev–Trinajstić information content (AvgIpc) is 3.19. The van der Waals surface area contributed by atoms with Crippen molar-refractivity contribution in [2.75, 3.05) is 5.73 Å². The van der Waals surface area contributed by atoms with Gasteiger partial charge in [-0.15, -0.1) is 0 Å². The molecule has 8 heteroatoms. The number of rotatable bonds is 2. The van der Waals surface area contributed by atoms with Crippen LogP contribution >= 0.6 is 0 Å². The zero-order valence-electron chi connectivity index (χ0n) is 17.2. The minimum Gasteiger partial charge on any atom is -0.382 e. The first-order valence-electron chi connectivity index (χ1n) is 9.39. The normalized spacial score (nSPS) is 11.4. The van der Waals surface area contributed by atoms with Crippen LogP contribution in [0.3, 0.4) is 0 Å². The summed E-state index contributed by atoms with van der Waals surface area (Å²) in [6.45, 7) is 12.1. The van der Waals surface area contributed by atoms with Crippen molar-refractivity contribution in [3.8, 4) is 0 Å². The van der Waals surface area contributed by atoms with E-state index in [1.165, 1.54) is 0 Å². The van der Waals surface area contributed by atoms with Crippen molar-refractivity contribution in [2.24, 2.45) is 0 Å². The van der Waals surface area contributed by atoms with Gasteiger partial charge in [-0.1, -0.05) is 27.7 Å². The van der Waals surface area contributed by atoms with E-state index in [4.69, 9.17) is 5.73 Å². The first-order chi connectivity index (χ1) is 13.2. The first kappa shape index (κ1) is 19.6. The highest BCUT2D eigenvalue weighted by molar-refractivity contribution is 5.65. The summed E-state index contributed by atoms with van der Waals surface area (Å²) in [4.78, 5) is 18.3. The SMILES string of the molecule is Cc1nc(N)c2ccc(C(C)C)n2n1.Cc1nn2c(C(C)C)ccc2c(=O)[nH]1. The molecule has 0 atom stereocenters. The van der Waals surface area contributed by atoms with Gasteiger partial charge in [0.2, 0.25) is 0 Å². The standard InChI is InChI=1S/C10H14N4.C10H13N3O/c1-6(2)8-4-5-9-10(11)12-7(3)13-14(8)9;1-6(2)8-4-5-9-10(14)11-7(3)12-13(8)9/h4-6H,1-3H3,(H2,11,12,13);4-6H,1-3H3,(H,11,12,14). The Hall–Kier alpha value is -3.16. The van der Waals surface area contributed by atoms with E-state index in [0.717, 1.165) is 16.9 Å².